The van der Waals surface area contributed by atoms with E-state index in [2.05, 4.69) is 10.3 Å². The fraction of sp³-hybridized carbons (Fsp3) is 0.750. The highest BCUT2D eigenvalue weighted by Crippen LogP contribution is 2.09. The predicted molar refractivity (Wildman–Crippen MR) is 121 cm³/mol. The van der Waals surface area contributed by atoms with Gasteiger partial charge in [-0.2, -0.15) is 0 Å². The van der Waals surface area contributed by atoms with Gasteiger partial charge in [0.2, 0.25) is 0 Å². The average Bonchev–Trinajstić information content (AvgIpc) is 3.42. The Labute approximate surface area is 191 Å². The molecule has 0 amide bonds. The first-order chi connectivity index (χ1) is 15.8. The van der Waals surface area contributed by atoms with Gasteiger partial charge < -0.3 is 28.0 Å². The minimum Gasteiger partial charge on any atom is -0.385 e. The number of ether oxygens (including phenoxy) is 4. The average molecular weight is 453 g/mol. The summed E-state index contributed by atoms with van der Waals surface area (Å²) in [5, 5.41) is 8.12. The van der Waals surface area contributed by atoms with E-state index in [0.717, 1.165) is 120 Å². The third-order valence-electron chi connectivity index (χ3n) is 4.93. The fourth-order valence-electron chi connectivity index (χ4n) is 3.19. The summed E-state index contributed by atoms with van der Waals surface area (Å²) in [4.78, 5) is 0. The van der Waals surface area contributed by atoms with Gasteiger partial charge in [-0.25, -0.2) is 0 Å². The Morgan fingerprint density at radius 2 is 1.22 bits per heavy atom. The lowest BCUT2D eigenvalue weighted by atomic mass is 10.2. The first-order valence-corrected chi connectivity index (χ1v) is 11.9. The number of rotatable bonds is 21. The van der Waals surface area contributed by atoms with Crippen molar-refractivity contribution < 1.29 is 28.0 Å². The second kappa shape index (κ2) is 17.8. The van der Waals surface area contributed by atoms with E-state index in [9.17, 15) is 0 Å². The van der Waals surface area contributed by atoms with Crippen molar-refractivity contribution in [3.63, 3.8) is 0 Å². The fourth-order valence-corrected chi connectivity index (χ4v) is 3.19. The second-order valence-electron chi connectivity index (χ2n) is 7.91. The monoisotopic (exact) mass is 452 g/mol. The van der Waals surface area contributed by atoms with Crippen molar-refractivity contribution in [3.05, 3.63) is 35.0 Å². The maximum absolute atomic E-state index is 5.70. The molecule has 0 bridgehead atoms. The van der Waals surface area contributed by atoms with Gasteiger partial charge in [-0.05, 0) is 58.3 Å². The standard InChI is InChI=1S/C24H40N2O6/c1-21-19-22(25-31-21)10-7-16-28-14-5-6-15-30-18-11-24-20-23(26-32-24)9-3-4-13-29-17-8-12-27-2/h19-20H,3-18H2,1-2H3. The zero-order chi connectivity index (χ0) is 22.7. The molecule has 0 unspecified atom stereocenters. The van der Waals surface area contributed by atoms with Crippen LogP contribution in [0, 0.1) is 6.92 Å². The molecule has 0 aliphatic heterocycles. The van der Waals surface area contributed by atoms with Gasteiger partial charge in [0, 0.05) is 65.3 Å². The maximum atomic E-state index is 5.70. The van der Waals surface area contributed by atoms with Gasteiger partial charge in [0.15, 0.2) is 0 Å². The number of nitrogens with zero attached hydrogens (tertiary/aromatic N) is 2. The molecule has 8 nitrogen and oxygen atoms in total. The van der Waals surface area contributed by atoms with Crippen molar-refractivity contribution in [3.8, 4) is 0 Å². The summed E-state index contributed by atoms with van der Waals surface area (Å²) in [6.07, 6.45) is 8.57. The molecule has 2 aromatic heterocycles. The molecule has 0 aromatic carbocycles. The van der Waals surface area contributed by atoms with Gasteiger partial charge in [0.05, 0.1) is 18.0 Å². The van der Waals surface area contributed by atoms with E-state index in [-0.39, 0.29) is 0 Å². The molecular weight excluding hydrogens is 412 g/mol. The van der Waals surface area contributed by atoms with Gasteiger partial charge in [-0.1, -0.05) is 10.3 Å². The van der Waals surface area contributed by atoms with Crippen molar-refractivity contribution in [2.24, 2.45) is 0 Å². The molecule has 0 radical (unpaired) electrons. The second-order valence-corrected chi connectivity index (χ2v) is 7.91. The highest BCUT2D eigenvalue weighted by Gasteiger charge is 2.05. The van der Waals surface area contributed by atoms with E-state index in [4.69, 9.17) is 28.0 Å². The van der Waals surface area contributed by atoms with Crippen LogP contribution < -0.4 is 0 Å². The Morgan fingerprint density at radius 1 is 0.625 bits per heavy atom. The molecule has 0 saturated carbocycles. The first kappa shape index (κ1) is 26.5. The molecular formula is C24H40N2O6. The quantitative estimate of drug-likeness (QED) is 0.259. The van der Waals surface area contributed by atoms with Crippen LogP contribution >= 0.6 is 0 Å². The predicted octanol–water partition coefficient (Wildman–Crippen LogP) is 4.34. The Hall–Kier alpha value is -1.74. The summed E-state index contributed by atoms with van der Waals surface area (Å²) in [6.45, 7) is 7.13. The van der Waals surface area contributed by atoms with Crippen molar-refractivity contribution in [1.82, 2.24) is 10.3 Å². The molecule has 2 heterocycles. The Balaban J connectivity index is 1.34. The van der Waals surface area contributed by atoms with Gasteiger partial charge in [-0.3, -0.25) is 0 Å². The lowest BCUT2D eigenvalue weighted by Crippen LogP contribution is -2.03. The zero-order valence-corrected chi connectivity index (χ0v) is 19.8. The lowest BCUT2D eigenvalue weighted by Gasteiger charge is -2.04. The lowest BCUT2D eigenvalue weighted by molar-refractivity contribution is 0.100. The molecule has 2 aromatic rings. The molecule has 0 aliphatic rings. The molecule has 0 spiro atoms. The molecule has 0 saturated heterocycles. The highest BCUT2D eigenvalue weighted by molar-refractivity contribution is 5.05. The smallest absolute Gasteiger partial charge is 0.139 e. The summed E-state index contributed by atoms with van der Waals surface area (Å²) in [7, 11) is 1.71. The van der Waals surface area contributed by atoms with E-state index in [1.165, 1.54) is 0 Å². The summed E-state index contributed by atoms with van der Waals surface area (Å²) in [6, 6.07) is 4.01. The number of methoxy groups -OCH3 is 1. The van der Waals surface area contributed by atoms with Crippen molar-refractivity contribution in [2.75, 3.05) is 53.4 Å². The van der Waals surface area contributed by atoms with Crippen LogP contribution in [0.2, 0.25) is 0 Å². The zero-order valence-electron chi connectivity index (χ0n) is 19.8. The third kappa shape index (κ3) is 13.0. The van der Waals surface area contributed by atoms with Crippen LogP contribution in [0.4, 0.5) is 0 Å². The van der Waals surface area contributed by atoms with Crippen LogP contribution in [-0.2, 0) is 38.2 Å². The maximum Gasteiger partial charge on any atom is 0.139 e. The molecule has 182 valence electrons. The molecule has 0 aliphatic carbocycles. The van der Waals surface area contributed by atoms with Crippen LogP contribution in [0.3, 0.4) is 0 Å². The van der Waals surface area contributed by atoms with Crippen molar-refractivity contribution in [2.45, 2.75) is 64.7 Å². The molecule has 0 atom stereocenters. The largest absolute Gasteiger partial charge is 0.385 e. The number of hydrogen-bond acceptors (Lipinski definition) is 8. The van der Waals surface area contributed by atoms with Crippen LogP contribution in [0.5, 0.6) is 0 Å². The van der Waals surface area contributed by atoms with E-state index in [1.54, 1.807) is 7.11 Å². The molecule has 2 rings (SSSR count). The number of aromatic nitrogens is 2. The Kier molecular flexibility index (Phi) is 14.7. The third-order valence-corrected chi connectivity index (χ3v) is 4.93. The molecule has 0 N–H and O–H groups in total. The van der Waals surface area contributed by atoms with E-state index < -0.39 is 0 Å². The van der Waals surface area contributed by atoms with Crippen LogP contribution in [0.1, 0.15) is 61.4 Å². The van der Waals surface area contributed by atoms with Crippen molar-refractivity contribution >= 4 is 0 Å². The van der Waals surface area contributed by atoms with Gasteiger partial charge >= 0.3 is 0 Å². The van der Waals surface area contributed by atoms with E-state index in [0.29, 0.717) is 6.61 Å². The van der Waals surface area contributed by atoms with Crippen LogP contribution in [-0.4, -0.2) is 63.7 Å². The normalized spacial score (nSPS) is 11.4. The Bertz CT molecular complexity index is 688. The summed E-state index contributed by atoms with van der Waals surface area (Å²) in [5.74, 6) is 1.75. The van der Waals surface area contributed by atoms with Gasteiger partial charge in [0.1, 0.15) is 11.5 Å². The number of hydrogen-bond donors (Lipinski definition) is 0. The molecule has 8 heteroatoms. The molecule has 0 fully saturated rings. The Morgan fingerprint density at radius 3 is 1.94 bits per heavy atom. The minimum absolute atomic E-state index is 0.655. The topological polar surface area (TPSA) is 89.0 Å². The highest BCUT2D eigenvalue weighted by atomic mass is 16.5. The summed E-state index contributed by atoms with van der Waals surface area (Å²) < 4.78 is 32.4. The van der Waals surface area contributed by atoms with E-state index >= 15 is 0 Å². The summed E-state index contributed by atoms with van der Waals surface area (Å²) in [5.41, 5.74) is 2.01. The molecule has 32 heavy (non-hydrogen) atoms. The van der Waals surface area contributed by atoms with Crippen molar-refractivity contribution in [1.29, 1.82) is 0 Å². The van der Waals surface area contributed by atoms with E-state index in [1.807, 2.05) is 19.1 Å². The first-order valence-electron chi connectivity index (χ1n) is 11.9. The summed E-state index contributed by atoms with van der Waals surface area (Å²) >= 11 is 0. The van der Waals surface area contributed by atoms with Gasteiger partial charge in [0.25, 0.3) is 0 Å². The van der Waals surface area contributed by atoms with Gasteiger partial charge in [-0.15, -0.1) is 0 Å². The minimum atomic E-state index is 0.655. The number of aryl methyl sites for hydroxylation is 3. The SMILES string of the molecule is COCCCOCCCCc1cc(CCOCCCCOCCCc2cc(C)on2)on1. The van der Waals surface area contributed by atoms with Crippen LogP contribution in [0.15, 0.2) is 21.2 Å². The van der Waals surface area contributed by atoms with Crippen LogP contribution in [0.25, 0.3) is 0 Å². The number of unbranched alkanes of at least 4 members (excludes halogenated alkanes) is 2.